The first-order valence-corrected chi connectivity index (χ1v) is 14.1. The number of para-hydroxylation sites is 1. The van der Waals surface area contributed by atoms with Gasteiger partial charge in [-0.1, -0.05) is 67.8 Å². The first-order chi connectivity index (χ1) is 19.0. The molecule has 39 heavy (non-hydrogen) atoms. The molecule has 1 saturated carbocycles. The summed E-state index contributed by atoms with van der Waals surface area (Å²) < 4.78 is 5.34. The maximum Gasteiger partial charge on any atom is 0.240 e. The van der Waals surface area contributed by atoms with Gasteiger partial charge in [-0.25, -0.2) is 0 Å². The molecule has 3 N–H and O–H groups in total. The van der Waals surface area contributed by atoms with Crippen molar-refractivity contribution in [3.8, 4) is 5.75 Å². The molecule has 0 bridgehead atoms. The average Bonchev–Trinajstić information content (AvgIpc) is 3.39. The van der Waals surface area contributed by atoms with Crippen molar-refractivity contribution in [3.63, 3.8) is 0 Å². The lowest BCUT2D eigenvalue weighted by atomic mass is 9.71. The smallest absolute Gasteiger partial charge is 0.240 e. The van der Waals surface area contributed by atoms with Crippen LogP contribution in [0, 0.1) is 0 Å². The predicted molar refractivity (Wildman–Crippen MR) is 157 cm³/mol. The topological polar surface area (TPSA) is 79.0 Å². The number of aromatic nitrogens is 2. The van der Waals surface area contributed by atoms with Crippen LogP contribution in [0.1, 0.15) is 55.8 Å². The molecule has 1 aliphatic carbocycles. The van der Waals surface area contributed by atoms with Gasteiger partial charge in [0.05, 0.1) is 18.8 Å². The monoisotopic (exact) mass is 524 g/mol. The van der Waals surface area contributed by atoms with Crippen molar-refractivity contribution in [2.45, 2.75) is 62.8 Å². The van der Waals surface area contributed by atoms with E-state index in [9.17, 15) is 4.79 Å². The number of amides is 1. The molecule has 1 aliphatic rings. The number of ether oxygens (including phenoxy) is 1. The van der Waals surface area contributed by atoms with Crippen molar-refractivity contribution < 1.29 is 9.53 Å². The first kappa shape index (κ1) is 26.9. The predicted octanol–water partition coefficient (Wildman–Crippen LogP) is 5.72. The molecule has 4 aromatic rings. The number of hydrogen-bond donors (Lipinski definition) is 3. The number of hydrogen-bond acceptors (Lipinski definition) is 4. The molecule has 2 aromatic heterocycles. The Hall–Kier alpha value is -3.64. The molecule has 0 aliphatic heterocycles. The van der Waals surface area contributed by atoms with E-state index in [1.807, 2.05) is 31.3 Å². The highest BCUT2D eigenvalue weighted by molar-refractivity contribution is 5.89. The van der Waals surface area contributed by atoms with Gasteiger partial charge in [-0.15, -0.1) is 0 Å². The van der Waals surface area contributed by atoms with Gasteiger partial charge >= 0.3 is 0 Å². The first-order valence-electron chi connectivity index (χ1n) is 14.1. The normalized spacial score (nSPS) is 16.5. The van der Waals surface area contributed by atoms with Crippen LogP contribution in [0.3, 0.4) is 0 Å². The third-order valence-corrected chi connectivity index (χ3v) is 8.41. The second kappa shape index (κ2) is 12.0. The van der Waals surface area contributed by atoms with Crippen molar-refractivity contribution in [1.82, 2.24) is 20.6 Å². The zero-order valence-electron chi connectivity index (χ0n) is 23.1. The number of rotatable bonds is 11. The van der Waals surface area contributed by atoms with E-state index in [2.05, 4.69) is 64.1 Å². The van der Waals surface area contributed by atoms with E-state index < -0.39 is 5.54 Å². The Bertz CT molecular complexity index is 1360. The standard InChI is InChI=1S/C33H40N4O2/c1-32(37-20-17-25-11-5-3-6-12-25,21-26-22-34-29-14-8-7-13-28(26)29)31(38)36-24-33(18-9-4-10-19-33)30-16-15-27(39-2)23-35-30/h3,5-8,11-16,22-23,34,37H,4,9-10,17-21,24H2,1-2H3,(H,36,38)/t32-/m0/s1. The van der Waals surface area contributed by atoms with Gasteiger partial charge in [0.2, 0.25) is 5.91 Å². The van der Waals surface area contributed by atoms with Crippen molar-refractivity contribution >= 4 is 16.8 Å². The molecule has 1 fully saturated rings. The quantitative estimate of drug-likeness (QED) is 0.234. The Balaban J connectivity index is 1.36. The summed E-state index contributed by atoms with van der Waals surface area (Å²) in [6.45, 7) is 3.32. The number of nitrogens with one attached hydrogen (secondary N) is 3. The zero-order chi connectivity index (χ0) is 27.1. The van der Waals surface area contributed by atoms with Crippen LogP contribution in [0.4, 0.5) is 0 Å². The summed E-state index contributed by atoms with van der Waals surface area (Å²) in [7, 11) is 1.66. The molecular weight excluding hydrogens is 484 g/mol. The van der Waals surface area contributed by atoms with Crippen molar-refractivity contribution in [2.75, 3.05) is 20.2 Å². The van der Waals surface area contributed by atoms with Crippen LogP contribution in [-0.2, 0) is 23.1 Å². The van der Waals surface area contributed by atoms with E-state index in [1.165, 1.54) is 12.0 Å². The van der Waals surface area contributed by atoms with Gasteiger partial charge in [-0.3, -0.25) is 9.78 Å². The van der Waals surface area contributed by atoms with Gasteiger partial charge in [0, 0.05) is 47.7 Å². The summed E-state index contributed by atoms with van der Waals surface area (Å²) in [5.41, 5.74) is 3.59. The molecule has 5 rings (SSSR count). The summed E-state index contributed by atoms with van der Waals surface area (Å²) in [6.07, 6.45) is 10.8. The summed E-state index contributed by atoms with van der Waals surface area (Å²) in [6, 6.07) is 22.7. The van der Waals surface area contributed by atoms with Crippen LogP contribution >= 0.6 is 0 Å². The number of carbonyl (C=O) groups excluding carboxylic acids is 1. The van der Waals surface area contributed by atoms with Crippen LogP contribution in [-0.4, -0.2) is 41.6 Å². The Kier molecular flexibility index (Phi) is 8.32. The minimum absolute atomic E-state index is 0.0271. The number of benzene rings is 2. The fourth-order valence-electron chi connectivity index (χ4n) is 6.02. The van der Waals surface area contributed by atoms with Crippen molar-refractivity contribution in [2.24, 2.45) is 0 Å². The van der Waals surface area contributed by atoms with Crippen molar-refractivity contribution in [3.05, 3.63) is 95.9 Å². The summed E-state index contributed by atoms with van der Waals surface area (Å²) >= 11 is 0. The highest BCUT2D eigenvalue weighted by atomic mass is 16.5. The number of aromatic amines is 1. The third-order valence-electron chi connectivity index (χ3n) is 8.41. The van der Waals surface area contributed by atoms with Crippen molar-refractivity contribution in [1.29, 1.82) is 0 Å². The average molecular weight is 525 g/mol. The van der Waals surface area contributed by atoms with Gasteiger partial charge in [0.15, 0.2) is 0 Å². The molecule has 0 radical (unpaired) electrons. The third kappa shape index (κ3) is 6.17. The summed E-state index contributed by atoms with van der Waals surface area (Å²) in [5, 5.41) is 8.19. The largest absolute Gasteiger partial charge is 0.495 e. The van der Waals surface area contributed by atoms with E-state index in [1.54, 1.807) is 13.3 Å². The number of fused-ring (bicyclic) bond motifs is 1. The fourth-order valence-corrected chi connectivity index (χ4v) is 6.02. The molecular formula is C33H40N4O2. The Morgan fingerprint density at radius 2 is 1.79 bits per heavy atom. The number of H-pyrrole nitrogens is 1. The van der Waals surface area contributed by atoms with E-state index >= 15 is 0 Å². The van der Waals surface area contributed by atoms with E-state index in [4.69, 9.17) is 9.72 Å². The van der Waals surface area contributed by atoms with Crippen LogP contribution in [0.15, 0.2) is 79.1 Å². The molecule has 0 unspecified atom stereocenters. The number of nitrogens with zero attached hydrogens (tertiary/aromatic N) is 1. The van der Waals surface area contributed by atoms with Crippen LogP contribution in [0.5, 0.6) is 5.75 Å². The maximum atomic E-state index is 14.1. The van der Waals surface area contributed by atoms with E-state index in [-0.39, 0.29) is 11.3 Å². The molecule has 2 heterocycles. The summed E-state index contributed by atoms with van der Waals surface area (Å²) in [4.78, 5) is 22.2. The van der Waals surface area contributed by atoms with Crippen LogP contribution in [0.25, 0.3) is 10.9 Å². The maximum absolute atomic E-state index is 14.1. The lowest BCUT2D eigenvalue weighted by Gasteiger charge is -2.38. The van der Waals surface area contributed by atoms with Gasteiger partial charge in [-0.2, -0.15) is 0 Å². The molecule has 0 saturated heterocycles. The zero-order valence-corrected chi connectivity index (χ0v) is 23.1. The molecule has 204 valence electrons. The molecule has 0 spiro atoms. The second-order valence-corrected chi connectivity index (χ2v) is 11.1. The molecule has 6 heteroatoms. The Morgan fingerprint density at radius 3 is 2.54 bits per heavy atom. The number of carbonyl (C=O) groups is 1. The number of methoxy groups -OCH3 is 1. The van der Waals surface area contributed by atoms with Gasteiger partial charge in [0.25, 0.3) is 0 Å². The van der Waals surface area contributed by atoms with Crippen LogP contribution < -0.4 is 15.4 Å². The molecule has 2 aromatic carbocycles. The second-order valence-electron chi connectivity index (χ2n) is 11.1. The Labute approximate surface area is 231 Å². The minimum atomic E-state index is -0.775. The highest BCUT2D eigenvalue weighted by Gasteiger charge is 2.39. The van der Waals surface area contributed by atoms with E-state index in [0.29, 0.717) is 19.5 Å². The van der Waals surface area contributed by atoms with Gasteiger partial charge in [-0.05, 0) is 55.5 Å². The minimum Gasteiger partial charge on any atom is -0.495 e. The lowest BCUT2D eigenvalue weighted by molar-refractivity contribution is -0.127. The van der Waals surface area contributed by atoms with E-state index in [0.717, 1.165) is 60.0 Å². The van der Waals surface area contributed by atoms with Crippen LogP contribution in [0.2, 0.25) is 0 Å². The SMILES string of the molecule is COc1ccc(C2(CNC(=O)[C@](C)(Cc3c[nH]c4ccccc34)NCCc3ccccc3)CCCCC2)nc1. The molecule has 6 nitrogen and oxygen atoms in total. The molecule has 1 atom stereocenters. The molecule has 1 amide bonds. The summed E-state index contributed by atoms with van der Waals surface area (Å²) in [5.74, 6) is 0.780. The van der Waals surface area contributed by atoms with Gasteiger partial charge in [0.1, 0.15) is 5.75 Å². The number of pyridine rings is 1. The highest BCUT2D eigenvalue weighted by Crippen LogP contribution is 2.38. The van der Waals surface area contributed by atoms with Gasteiger partial charge < -0.3 is 20.4 Å². The fraction of sp³-hybridized carbons (Fsp3) is 0.394. The lowest BCUT2D eigenvalue weighted by Crippen LogP contribution is -2.58. The Morgan fingerprint density at radius 1 is 1.03 bits per heavy atom.